The summed E-state index contributed by atoms with van der Waals surface area (Å²) in [4.78, 5) is 25.5. The van der Waals surface area contributed by atoms with E-state index in [1.165, 1.54) is 0 Å². The zero-order chi connectivity index (χ0) is 18.1. The van der Waals surface area contributed by atoms with Gasteiger partial charge in [0.1, 0.15) is 5.92 Å². The Morgan fingerprint density at radius 3 is 2.72 bits per heavy atom. The van der Waals surface area contributed by atoms with E-state index in [1.807, 2.05) is 18.2 Å². The fraction of sp³-hybridized carbons (Fsp3) is 0.400. The van der Waals surface area contributed by atoms with Gasteiger partial charge in [-0.05, 0) is 38.3 Å². The third-order valence-electron chi connectivity index (χ3n) is 4.63. The van der Waals surface area contributed by atoms with Crippen LogP contribution in [0.2, 0.25) is 5.02 Å². The number of esters is 1. The monoisotopic (exact) mass is 359 g/mol. The van der Waals surface area contributed by atoms with Gasteiger partial charge < -0.3 is 10.1 Å². The molecule has 1 aromatic carbocycles. The third kappa shape index (κ3) is 3.36. The van der Waals surface area contributed by atoms with Gasteiger partial charge >= 0.3 is 5.97 Å². The fourth-order valence-corrected chi connectivity index (χ4v) is 3.89. The van der Waals surface area contributed by atoms with E-state index in [2.05, 4.69) is 11.9 Å². The SMILES string of the molecule is C=C1NC2=C(C(=O)CCC2)C(c2ccccc2Cl)C1C(=O)OC(C)C. The van der Waals surface area contributed by atoms with Gasteiger partial charge in [0.05, 0.1) is 6.10 Å². The van der Waals surface area contributed by atoms with Crippen LogP contribution in [-0.2, 0) is 14.3 Å². The number of ether oxygens (including phenoxy) is 1. The quantitative estimate of drug-likeness (QED) is 0.825. The second-order valence-electron chi connectivity index (χ2n) is 6.78. The van der Waals surface area contributed by atoms with Crippen molar-refractivity contribution >= 4 is 23.4 Å². The maximum Gasteiger partial charge on any atom is 0.316 e. The highest BCUT2D eigenvalue weighted by Gasteiger charge is 2.44. The van der Waals surface area contributed by atoms with E-state index in [0.29, 0.717) is 22.7 Å². The Morgan fingerprint density at radius 2 is 2.04 bits per heavy atom. The molecule has 2 unspecified atom stereocenters. The number of hydrogen-bond donors (Lipinski definition) is 1. The fourth-order valence-electron chi connectivity index (χ4n) is 3.64. The highest BCUT2D eigenvalue weighted by molar-refractivity contribution is 6.31. The van der Waals surface area contributed by atoms with Crippen LogP contribution >= 0.6 is 11.6 Å². The summed E-state index contributed by atoms with van der Waals surface area (Å²) in [6.45, 7) is 7.65. The first-order valence-electron chi connectivity index (χ1n) is 8.57. The summed E-state index contributed by atoms with van der Waals surface area (Å²) < 4.78 is 5.45. The molecule has 0 spiro atoms. The van der Waals surface area contributed by atoms with Gasteiger partial charge in [-0.3, -0.25) is 9.59 Å². The Bertz CT molecular complexity index is 766. The van der Waals surface area contributed by atoms with Crippen molar-refractivity contribution in [3.05, 3.63) is 58.4 Å². The van der Waals surface area contributed by atoms with Gasteiger partial charge in [0.15, 0.2) is 5.78 Å². The second kappa shape index (κ2) is 7.04. The smallest absolute Gasteiger partial charge is 0.316 e. The molecule has 1 aliphatic heterocycles. The van der Waals surface area contributed by atoms with E-state index in [0.717, 1.165) is 24.1 Å². The van der Waals surface area contributed by atoms with Crippen molar-refractivity contribution in [3.63, 3.8) is 0 Å². The zero-order valence-corrected chi connectivity index (χ0v) is 15.2. The van der Waals surface area contributed by atoms with Crippen molar-refractivity contribution < 1.29 is 14.3 Å². The van der Waals surface area contributed by atoms with Gasteiger partial charge in [0, 0.05) is 34.3 Å². The van der Waals surface area contributed by atoms with Crippen molar-refractivity contribution in [2.24, 2.45) is 5.92 Å². The van der Waals surface area contributed by atoms with E-state index in [9.17, 15) is 9.59 Å². The number of benzene rings is 1. The maximum atomic E-state index is 12.8. The van der Waals surface area contributed by atoms with Gasteiger partial charge in [-0.2, -0.15) is 0 Å². The van der Waals surface area contributed by atoms with Crippen molar-refractivity contribution in [2.75, 3.05) is 0 Å². The minimum absolute atomic E-state index is 0.0634. The first-order valence-corrected chi connectivity index (χ1v) is 8.95. The molecule has 0 radical (unpaired) electrons. The van der Waals surface area contributed by atoms with Crippen molar-refractivity contribution in [1.82, 2.24) is 5.32 Å². The van der Waals surface area contributed by atoms with Crippen LogP contribution in [0.1, 0.15) is 44.6 Å². The Morgan fingerprint density at radius 1 is 1.32 bits per heavy atom. The molecule has 4 nitrogen and oxygen atoms in total. The number of Topliss-reactive ketones (excluding diaryl/α,β-unsaturated/α-hetero) is 1. The predicted molar refractivity (Wildman–Crippen MR) is 97.1 cm³/mol. The Balaban J connectivity index is 2.15. The van der Waals surface area contributed by atoms with Gasteiger partial charge in [0.2, 0.25) is 0 Å². The first kappa shape index (κ1) is 17.7. The predicted octanol–water partition coefficient (Wildman–Crippen LogP) is 4.12. The van der Waals surface area contributed by atoms with Crippen LogP contribution in [0.15, 0.2) is 47.8 Å². The molecule has 3 rings (SSSR count). The third-order valence-corrected chi connectivity index (χ3v) is 4.98. The highest BCUT2D eigenvalue weighted by Crippen LogP contribution is 2.46. The van der Waals surface area contributed by atoms with Gasteiger partial charge in [-0.25, -0.2) is 0 Å². The molecule has 0 saturated carbocycles. The van der Waals surface area contributed by atoms with Gasteiger partial charge in [0.25, 0.3) is 0 Å². The van der Waals surface area contributed by atoms with Crippen molar-refractivity contribution in [2.45, 2.75) is 45.1 Å². The Hall–Kier alpha value is -2.07. The molecule has 0 amide bonds. The van der Waals surface area contributed by atoms with Crippen LogP contribution in [0.3, 0.4) is 0 Å². The van der Waals surface area contributed by atoms with Crippen LogP contribution in [0.4, 0.5) is 0 Å². The number of carbonyl (C=O) groups excluding carboxylic acids is 2. The van der Waals surface area contributed by atoms with Gasteiger partial charge in [-0.1, -0.05) is 36.4 Å². The number of rotatable bonds is 3. The lowest BCUT2D eigenvalue weighted by atomic mass is 9.71. The molecule has 2 aliphatic rings. The number of hydrogen-bond acceptors (Lipinski definition) is 4. The molecular weight excluding hydrogens is 338 g/mol. The largest absolute Gasteiger partial charge is 0.462 e. The molecule has 0 saturated heterocycles. The number of carbonyl (C=O) groups is 2. The van der Waals surface area contributed by atoms with Crippen LogP contribution in [0.25, 0.3) is 0 Å². The highest BCUT2D eigenvalue weighted by atomic mass is 35.5. The second-order valence-corrected chi connectivity index (χ2v) is 7.19. The van der Waals surface area contributed by atoms with Crippen LogP contribution < -0.4 is 5.32 Å². The lowest BCUT2D eigenvalue weighted by molar-refractivity contribution is -0.151. The first-order chi connectivity index (χ1) is 11.9. The van der Waals surface area contributed by atoms with Crippen molar-refractivity contribution in [1.29, 1.82) is 0 Å². The lowest BCUT2D eigenvalue weighted by Gasteiger charge is -2.38. The summed E-state index contributed by atoms with van der Waals surface area (Å²) in [5.74, 6) is -1.46. The molecule has 1 N–H and O–H groups in total. The maximum absolute atomic E-state index is 12.8. The average Bonchev–Trinajstić information content (AvgIpc) is 2.53. The normalized spacial score (nSPS) is 23.4. The van der Waals surface area contributed by atoms with E-state index in [-0.39, 0.29) is 17.9 Å². The average molecular weight is 360 g/mol. The summed E-state index contributed by atoms with van der Waals surface area (Å²) in [6, 6.07) is 7.35. The summed E-state index contributed by atoms with van der Waals surface area (Å²) in [5.41, 5.74) is 2.83. The number of halogens is 1. The van der Waals surface area contributed by atoms with E-state index < -0.39 is 11.8 Å². The molecular formula is C20H22ClNO3. The summed E-state index contributed by atoms with van der Waals surface area (Å²) >= 11 is 6.42. The molecule has 0 aromatic heterocycles. The van der Waals surface area contributed by atoms with Gasteiger partial charge in [-0.15, -0.1) is 0 Å². The van der Waals surface area contributed by atoms with Crippen LogP contribution in [-0.4, -0.2) is 17.9 Å². The summed E-state index contributed by atoms with van der Waals surface area (Å²) in [7, 11) is 0. The zero-order valence-electron chi connectivity index (χ0n) is 14.5. The minimum atomic E-state index is -0.678. The number of ketones is 1. The topological polar surface area (TPSA) is 55.4 Å². The minimum Gasteiger partial charge on any atom is -0.462 e. The van der Waals surface area contributed by atoms with E-state index >= 15 is 0 Å². The summed E-state index contributed by atoms with van der Waals surface area (Å²) in [6.07, 6.45) is 1.81. The van der Waals surface area contributed by atoms with Crippen molar-refractivity contribution in [3.8, 4) is 0 Å². The Labute approximate surface area is 152 Å². The lowest BCUT2D eigenvalue weighted by Crippen LogP contribution is -2.41. The van der Waals surface area contributed by atoms with Crippen LogP contribution in [0.5, 0.6) is 0 Å². The molecule has 5 heteroatoms. The summed E-state index contributed by atoms with van der Waals surface area (Å²) in [5, 5.41) is 3.73. The van der Waals surface area contributed by atoms with Crippen LogP contribution in [0, 0.1) is 5.92 Å². The molecule has 1 aliphatic carbocycles. The molecule has 2 atom stereocenters. The molecule has 25 heavy (non-hydrogen) atoms. The molecule has 132 valence electrons. The molecule has 1 heterocycles. The standard InChI is InChI=1S/C20H22ClNO3/c1-11(2)25-20(24)17-12(3)22-15-9-6-10-16(23)19(15)18(17)13-7-4-5-8-14(13)21/h4-5,7-8,11,17-18,22H,3,6,9-10H2,1-2H3. The van der Waals surface area contributed by atoms with E-state index in [1.54, 1.807) is 19.9 Å². The Kier molecular flexibility index (Phi) is 5.00. The molecule has 0 fully saturated rings. The molecule has 0 bridgehead atoms. The number of nitrogens with one attached hydrogen (secondary N) is 1. The van der Waals surface area contributed by atoms with E-state index in [4.69, 9.17) is 16.3 Å². The molecule has 1 aromatic rings. The number of allylic oxidation sites excluding steroid dienone is 2.